The van der Waals surface area contributed by atoms with Gasteiger partial charge in [-0.2, -0.15) is 0 Å². The lowest BCUT2D eigenvalue weighted by Crippen LogP contribution is -3.11. The zero-order valence-corrected chi connectivity index (χ0v) is 21.8. The van der Waals surface area contributed by atoms with Gasteiger partial charge in [-0.3, -0.25) is 9.59 Å². The summed E-state index contributed by atoms with van der Waals surface area (Å²) in [6.45, 7) is 8.19. The molecule has 0 spiro atoms. The standard InChI is InChI=1S/C28H34N2O7/c1-5-29(6-2)12-7-13-30-25(18-8-10-20(34-3)22(16-18)35-4)24(27(32)28(30)33)26(31)19-9-11-21-23(17-19)37-15-14-36-21/h8-11,16-17,25,31H,5-7,12-15H2,1-4H3. The first-order valence-electron chi connectivity index (χ1n) is 12.6. The average Bonchev–Trinajstić information content (AvgIpc) is 3.19. The molecule has 9 nitrogen and oxygen atoms in total. The average molecular weight is 511 g/mol. The van der Waals surface area contributed by atoms with Gasteiger partial charge in [-0.15, -0.1) is 0 Å². The van der Waals surface area contributed by atoms with E-state index >= 15 is 0 Å². The Balaban J connectivity index is 1.78. The summed E-state index contributed by atoms with van der Waals surface area (Å²) in [6.07, 6.45) is 0.700. The van der Waals surface area contributed by atoms with Gasteiger partial charge in [0.25, 0.3) is 5.91 Å². The first-order valence-corrected chi connectivity index (χ1v) is 12.6. The number of nitrogens with one attached hydrogen (secondary N) is 1. The molecular formula is C28H34N2O7. The fraction of sp³-hybridized carbons (Fsp3) is 0.429. The summed E-state index contributed by atoms with van der Waals surface area (Å²) in [5.74, 6) is -0.0180. The van der Waals surface area contributed by atoms with Crippen LogP contribution in [-0.4, -0.2) is 70.2 Å². The molecule has 2 heterocycles. The summed E-state index contributed by atoms with van der Waals surface area (Å²) in [4.78, 5) is 29.5. The molecule has 1 unspecified atom stereocenters. The van der Waals surface area contributed by atoms with Crippen molar-refractivity contribution in [1.29, 1.82) is 0 Å². The minimum Gasteiger partial charge on any atom is -0.872 e. The number of ether oxygens (including phenoxy) is 4. The number of hydrogen-bond acceptors (Lipinski definition) is 7. The van der Waals surface area contributed by atoms with Gasteiger partial charge in [-0.05, 0) is 49.2 Å². The number of rotatable bonds is 10. The predicted molar refractivity (Wildman–Crippen MR) is 135 cm³/mol. The van der Waals surface area contributed by atoms with E-state index in [4.69, 9.17) is 18.9 Å². The second kappa shape index (κ2) is 11.6. The largest absolute Gasteiger partial charge is 0.872 e. The number of ketones is 1. The van der Waals surface area contributed by atoms with E-state index in [2.05, 4.69) is 13.8 Å². The van der Waals surface area contributed by atoms with Crippen LogP contribution in [0.25, 0.3) is 5.76 Å². The lowest BCUT2D eigenvalue weighted by atomic mass is 9.94. The maximum absolute atomic E-state index is 13.8. The second-order valence-corrected chi connectivity index (χ2v) is 9.01. The fourth-order valence-electron chi connectivity index (χ4n) is 4.91. The van der Waals surface area contributed by atoms with E-state index in [1.54, 1.807) is 36.4 Å². The number of carbonyl (C=O) groups excluding carboxylic acids is 2. The molecule has 2 aliphatic rings. The Morgan fingerprint density at radius 2 is 1.70 bits per heavy atom. The molecule has 2 aliphatic heterocycles. The third kappa shape index (κ3) is 5.22. The highest BCUT2D eigenvalue weighted by Crippen LogP contribution is 2.42. The molecule has 1 atom stereocenters. The lowest BCUT2D eigenvalue weighted by molar-refractivity contribution is -0.896. The van der Waals surface area contributed by atoms with Crippen LogP contribution in [0, 0.1) is 0 Å². The molecular weight excluding hydrogens is 476 g/mol. The second-order valence-electron chi connectivity index (χ2n) is 9.01. The number of hydrogen-bond donors (Lipinski definition) is 1. The quantitative estimate of drug-likeness (QED) is 0.289. The summed E-state index contributed by atoms with van der Waals surface area (Å²) in [7, 11) is 3.05. The molecule has 9 heteroatoms. The molecule has 4 rings (SSSR count). The number of methoxy groups -OCH3 is 2. The molecule has 1 fully saturated rings. The minimum absolute atomic E-state index is 0.0796. The molecule has 0 bridgehead atoms. The summed E-state index contributed by atoms with van der Waals surface area (Å²) in [5, 5.41) is 13.8. The van der Waals surface area contributed by atoms with E-state index < -0.39 is 23.5 Å². The van der Waals surface area contributed by atoms with Gasteiger partial charge in [0.15, 0.2) is 23.0 Å². The number of nitrogens with zero attached hydrogens (tertiary/aromatic N) is 1. The number of amides is 1. The number of Topliss-reactive ketones (excluding diaryl/α,β-unsaturated/α-hetero) is 1. The van der Waals surface area contributed by atoms with Gasteiger partial charge in [-0.1, -0.05) is 17.9 Å². The van der Waals surface area contributed by atoms with Gasteiger partial charge < -0.3 is 33.9 Å². The molecule has 0 radical (unpaired) electrons. The van der Waals surface area contributed by atoms with Crippen LogP contribution in [-0.2, 0) is 9.59 Å². The topological polar surface area (TPSA) is 102 Å². The molecule has 198 valence electrons. The Bertz CT molecular complexity index is 1190. The Kier molecular flexibility index (Phi) is 8.23. The molecule has 37 heavy (non-hydrogen) atoms. The van der Waals surface area contributed by atoms with Crippen LogP contribution in [0.5, 0.6) is 23.0 Å². The highest BCUT2D eigenvalue weighted by Gasteiger charge is 2.44. The van der Waals surface area contributed by atoms with Crippen LogP contribution in [0.2, 0.25) is 0 Å². The van der Waals surface area contributed by atoms with E-state index in [1.165, 1.54) is 24.0 Å². The molecule has 0 aromatic heterocycles. The zero-order valence-electron chi connectivity index (χ0n) is 21.8. The predicted octanol–water partition coefficient (Wildman–Crippen LogP) is 1.01. The number of likely N-dealkylation sites (tertiary alicyclic amines) is 1. The number of quaternary nitrogens is 1. The van der Waals surface area contributed by atoms with Crippen molar-refractivity contribution >= 4 is 17.4 Å². The summed E-state index contributed by atoms with van der Waals surface area (Å²) in [6, 6.07) is 9.17. The van der Waals surface area contributed by atoms with E-state index in [9.17, 15) is 14.7 Å². The van der Waals surface area contributed by atoms with Gasteiger partial charge in [0, 0.05) is 18.5 Å². The van der Waals surface area contributed by atoms with Crippen LogP contribution < -0.4 is 29.0 Å². The van der Waals surface area contributed by atoms with Crippen molar-refractivity contribution in [3.05, 3.63) is 53.1 Å². The normalized spacial score (nSPS) is 18.4. The fourth-order valence-corrected chi connectivity index (χ4v) is 4.91. The minimum atomic E-state index is -0.841. The van der Waals surface area contributed by atoms with Crippen LogP contribution in [0.15, 0.2) is 42.0 Å². The van der Waals surface area contributed by atoms with Crippen LogP contribution in [0.3, 0.4) is 0 Å². The van der Waals surface area contributed by atoms with Gasteiger partial charge in [0.1, 0.15) is 13.2 Å². The van der Waals surface area contributed by atoms with Gasteiger partial charge in [0.2, 0.25) is 5.78 Å². The Hall–Kier alpha value is -3.72. The van der Waals surface area contributed by atoms with Crippen molar-refractivity contribution in [2.24, 2.45) is 0 Å². The molecule has 1 N–H and O–H groups in total. The first-order chi connectivity index (χ1) is 17.9. The molecule has 1 amide bonds. The van der Waals surface area contributed by atoms with Crippen molar-refractivity contribution in [2.45, 2.75) is 26.3 Å². The van der Waals surface area contributed by atoms with Crippen molar-refractivity contribution in [2.75, 3.05) is 53.6 Å². The number of fused-ring (bicyclic) bond motifs is 1. The Morgan fingerprint density at radius 3 is 2.38 bits per heavy atom. The summed E-state index contributed by atoms with van der Waals surface area (Å²) in [5.41, 5.74) is 0.789. The van der Waals surface area contributed by atoms with Crippen LogP contribution in [0.1, 0.15) is 37.4 Å². The molecule has 1 saturated heterocycles. The number of benzene rings is 2. The highest BCUT2D eigenvalue weighted by atomic mass is 16.6. The van der Waals surface area contributed by atoms with E-state index in [0.717, 1.165) is 19.6 Å². The van der Waals surface area contributed by atoms with Crippen molar-refractivity contribution in [3.8, 4) is 23.0 Å². The maximum Gasteiger partial charge on any atom is 0.295 e. The third-order valence-corrected chi connectivity index (χ3v) is 6.99. The molecule has 0 aliphatic carbocycles. The Morgan fingerprint density at radius 1 is 1.00 bits per heavy atom. The SMILES string of the molecule is CC[NH+](CC)CCCN1C(=O)C(=O)C(=C([O-])c2ccc3c(c2)OCCO3)C1c1ccc(OC)c(OC)c1. The smallest absolute Gasteiger partial charge is 0.295 e. The zero-order chi connectivity index (χ0) is 26.5. The first kappa shape index (κ1) is 26.3. The van der Waals surface area contributed by atoms with E-state index in [-0.39, 0.29) is 11.1 Å². The van der Waals surface area contributed by atoms with E-state index in [1.807, 2.05) is 0 Å². The highest BCUT2D eigenvalue weighted by molar-refractivity contribution is 6.46. The van der Waals surface area contributed by atoms with Gasteiger partial charge >= 0.3 is 0 Å². The van der Waals surface area contributed by atoms with Gasteiger partial charge in [0.05, 0.1) is 39.9 Å². The maximum atomic E-state index is 13.8. The molecule has 2 aromatic carbocycles. The van der Waals surface area contributed by atoms with Crippen LogP contribution >= 0.6 is 0 Å². The van der Waals surface area contributed by atoms with Crippen molar-refractivity contribution in [1.82, 2.24) is 4.90 Å². The Labute approximate surface area is 217 Å². The van der Waals surface area contributed by atoms with Gasteiger partial charge in [-0.25, -0.2) is 0 Å². The molecule has 2 aromatic rings. The van der Waals surface area contributed by atoms with Crippen molar-refractivity contribution < 1.29 is 38.5 Å². The lowest BCUT2D eigenvalue weighted by Gasteiger charge is -2.28. The van der Waals surface area contributed by atoms with E-state index in [0.29, 0.717) is 54.7 Å². The van der Waals surface area contributed by atoms with Crippen molar-refractivity contribution in [3.63, 3.8) is 0 Å². The summed E-state index contributed by atoms with van der Waals surface area (Å²) >= 11 is 0. The monoisotopic (exact) mass is 510 g/mol. The summed E-state index contributed by atoms with van der Waals surface area (Å²) < 4.78 is 22.0. The number of carbonyl (C=O) groups is 2. The third-order valence-electron chi connectivity index (χ3n) is 6.99. The molecule has 0 saturated carbocycles. The van der Waals surface area contributed by atoms with Crippen LogP contribution in [0.4, 0.5) is 0 Å².